The van der Waals surface area contributed by atoms with Crippen molar-refractivity contribution in [1.82, 2.24) is 10.6 Å². The molecule has 1 unspecified atom stereocenters. The van der Waals surface area contributed by atoms with Gasteiger partial charge in [-0.2, -0.15) is 0 Å². The van der Waals surface area contributed by atoms with Gasteiger partial charge < -0.3 is 26.6 Å². The van der Waals surface area contributed by atoms with Crippen LogP contribution in [0.5, 0.6) is 0 Å². The Morgan fingerprint density at radius 3 is 2.27 bits per heavy atom. The van der Waals surface area contributed by atoms with Gasteiger partial charge in [0.2, 0.25) is 15.7 Å². The number of anilines is 2. The molecule has 6 rings (SSSR count). The maximum Gasteiger partial charge on any atom is 0.315 e. The molecule has 2 atom stereocenters. The zero-order valence-corrected chi connectivity index (χ0v) is 24.5. The third-order valence-electron chi connectivity index (χ3n) is 7.89. The van der Waals surface area contributed by atoms with Crippen molar-refractivity contribution in [3.8, 4) is 11.1 Å². The Bertz CT molecular complexity index is 1830. The Labute approximate surface area is 255 Å². The molecule has 1 saturated heterocycles. The Morgan fingerprint density at radius 2 is 1.61 bits per heavy atom. The summed E-state index contributed by atoms with van der Waals surface area (Å²) in [5, 5.41) is 6.71. The number of carbonyl (C=O) groups is 3. The van der Waals surface area contributed by atoms with Gasteiger partial charge in [0.25, 0.3) is 5.91 Å². The lowest BCUT2D eigenvalue weighted by molar-refractivity contribution is -0.117. The fourth-order valence-corrected chi connectivity index (χ4v) is 7.31. The van der Waals surface area contributed by atoms with E-state index >= 15 is 0 Å². The summed E-state index contributed by atoms with van der Waals surface area (Å²) in [5.74, 6) is -0.571. The summed E-state index contributed by atoms with van der Waals surface area (Å²) in [6, 6.07) is 27.2. The molecule has 11 heteroatoms. The second kappa shape index (κ2) is 11.9. The number of benzene rings is 4. The van der Waals surface area contributed by atoms with E-state index in [-0.39, 0.29) is 23.3 Å². The first-order valence-corrected chi connectivity index (χ1v) is 15.8. The van der Waals surface area contributed by atoms with Crippen LogP contribution in [0.1, 0.15) is 21.5 Å². The summed E-state index contributed by atoms with van der Waals surface area (Å²) in [7, 11) is -3.94. The predicted molar refractivity (Wildman–Crippen MR) is 168 cm³/mol. The number of urea groups is 1. The Hall–Kier alpha value is -5.00. The van der Waals surface area contributed by atoms with Crippen LogP contribution in [0.3, 0.4) is 0 Å². The molecular weight excluding hydrogens is 578 g/mol. The lowest BCUT2D eigenvalue weighted by atomic mass is 9.97. The Kier molecular flexibility index (Phi) is 7.90. The molecule has 2 heterocycles. The summed E-state index contributed by atoms with van der Waals surface area (Å²) < 4.78 is 27.4. The highest BCUT2D eigenvalue weighted by atomic mass is 32.2. The topological polar surface area (TPSA) is 151 Å². The van der Waals surface area contributed by atoms with Crippen LogP contribution < -0.4 is 26.6 Å². The van der Waals surface area contributed by atoms with Gasteiger partial charge in [0.15, 0.2) is 5.37 Å². The molecule has 0 radical (unpaired) electrons. The lowest BCUT2D eigenvalue weighted by Crippen LogP contribution is -2.37. The third-order valence-corrected chi connectivity index (χ3v) is 9.88. The van der Waals surface area contributed by atoms with Crippen molar-refractivity contribution in [3.05, 3.63) is 114 Å². The van der Waals surface area contributed by atoms with Gasteiger partial charge in [-0.1, -0.05) is 60.7 Å². The highest BCUT2D eigenvalue weighted by molar-refractivity contribution is 7.92. The number of nitrogens with one attached hydrogen (secondary N) is 3. The number of fused-ring (bicyclic) bond motifs is 1. The largest absolute Gasteiger partial charge is 0.335 e. The fourth-order valence-electron chi connectivity index (χ4n) is 5.66. The molecule has 2 aliphatic heterocycles. The van der Waals surface area contributed by atoms with E-state index in [0.717, 1.165) is 11.1 Å². The summed E-state index contributed by atoms with van der Waals surface area (Å²) >= 11 is 0. The molecule has 44 heavy (non-hydrogen) atoms. The molecule has 0 bridgehead atoms. The summed E-state index contributed by atoms with van der Waals surface area (Å²) in [6.45, 7) is 0.332. The van der Waals surface area contributed by atoms with Gasteiger partial charge in [0, 0.05) is 29.0 Å². The van der Waals surface area contributed by atoms with Gasteiger partial charge in [-0.05, 0) is 65.9 Å². The van der Waals surface area contributed by atoms with Gasteiger partial charge in [-0.15, -0.1) is 0 Å². The Balaban J connectivity index is 1.24. The van der Waals surface area contributed by atoms with Crippen LogP contribution in [-0.2, 0) is 27.5 Å². The standard InChI is InChI=1S/C33H31N5O5S/c34-26(19-21-7-3-1-4-8-21)31(39)36-24-13-11-23(12-14-24)32(40)38-18-17-25-27(38)15-16-28(30(25)22-9-5-2-6-10-22)44(42,43)29-20-35-33(41)37-29/h1-16,26,29H,17-20,34H2,(H,36,39)(H2,35,37,41)/t26?,29-/m0/s1. The van der Waals surface area contributed by atoms with Crippen LogP contribution in [0.2, 0.25) is 0 Å². The maximum atomic E-state index is 13.7. The van der Waals surface area contributed by atoms with E-state index in [1.54, 1.807) is 35.2 Å². The van der Waals surface area contributed by atoms with Crippen LogP contribution >= 0.6 is 0 Å². The number of nitrogens with zero attached hydrogens (tertiary/aromatic N) is 1. The molecule has 2 aliphatic rings. The zero-order valence-electron chi connectivity index (χ0n) is 23.7. The minimum atomic E-state index is -3.94. The number of nitrogens with two attached hydrogens (primary N) is 1. The number of hydrogen-bond acceptors (Lipinski definition) is 6. The average molecular weight is 610 g/mol. The Morgan fingerprint density at radius 1 is 0.932 bits per heavy atom. The van der Waals surface area contributed by atoms with E-state index in [0.29, 0.717) is 47.5 Å². The van der Waals surface area contributed by atoms with E-state index in [9.17, 15) is 22.8 Å². The first-order chi connectivity index (χ1) is 21.2. The zero-order chi connectivity index (χ0) is 30.8. The van der Waals surface area contributed by atoms with Crippen molar-refractivity contribution in [3.63, 3.8) is 0 Å². The second-order valence-electron chi connectivity index (χ2n) is 10.8. The maximum absolute atomic E-state index is 13.7. The van der Waals surface area contributed by atoms with E-state index in [1.807, 2.05) is 60.7 Å². The number of rotatable bonds is 8. The van der Waals surface area contributed by atoms with Gasteiger partial charge in [-0.25, -0.2) is 13.2 Å². The molecule has 10 nitrogen and oxygen atoms in total. The molecule has 224 valence electrons. The first kappa shape index (κ1) is 29.1. The smallest absolute Gasteiger partial charge is 0.315 e. The molecule has 1 fully saturated rings. The minimum Gasteiger partial charge on any atom is -0.335 e. The van der Waals surface area contributed by atoms with Crippen molar-refractivity contribution in [1.29, 1.82) is 0 Å². The van der Waals surface area contributed by atoms with Crippen LogP contribution in [0.25, 0.3) is 11.1 Å². The number of hydrogen-bond donors (Lipinski definition) is 4. The summed E-state index contributed by atoms with van der Waals surface area (Å²) in [4.78, 5) is 39.8. The number of carbonyl (C=O) groups excluding carboxylic acids is 3. The normalized spacial score (nSPS) is 16.5. The average Bonchev–Trinajstić information content (AvgIpc) is 3.68. The van der Waals surface area contributed by atoms with Crippen LogP contribution in [0, 0.1) is 0 Å². The highest BCUT2D eigenvalue weighted by Crippen LogP contribution is 2.42. The summed E-state index contributed by atoms with van der Waals surface area (Å²) in [5.41, 5.74) is 10.6. The SMILES string of the molecule is NC(Cc1ccccc1)C(=O)Nc1ccc(C(=O)N2CCc3c2ccc(S(=O)(=O)[C@H]2CNC(=O)N2)c3-c2ccccc2)cc1. The molecule has 4 aromatic rings. The minimum absolute atomic E-state index is 0.0352. The summed E-state index contributed by atoms with van der Waals surface area (Å²) in [6.07, 6.45) is 0.856. The molecule has 0 saturated carbocycles. The quantitative estimate of drug-likeness (QED) is 0.240. The van der Waals surface area contributed by atoms with Crippen LogP contribution in [0.15, 0.2) is 102 Å². The van der Waals surface area contributed by atoms with Crippen LogP contribution in [-0.4, -0.2) is 50.8 Å². The first-order valence-electron chi connectivity index (χ1n) is 14.2. The second-order valence-corrected chi connectivity index (χ2v) is 12.9. The van der Waals surface area contributed by atoms with Gasteiger partial charge >= 0.3 is 6.03 Å². The molecule has 4 aromatic carbocycles. The molecule has 0 aromatic heterocycles. The third kappa shape index (κ3) is 5.67. The van der Waals surface area contributed by atoms with E-state index in [2.05, 4.69) is 16.0 Å². The molecule has 0 aliphatic carbocycles. The van der Waals surface area contributed by atoms with Gasteiger partial charge in [0.1, 0.15) is 0 Å². The molecule has 4 amide bonds. The van der Waals surface area contributed by atoms with Crippen molar-refractivity contribution in [2.24, 2.45) is 5.73 Å². The van der Waals surface area contributed by atoms with Crippen LogP contribution in [0.4, 0.5) is 16.2 Å². The number of sulfone groups is 1. The van der Waals surface area contributed by atoms with E-state index in [1.165, 1.54) is 6.07 Å². The van der Waals surface area contributed by atoms with E-state index < -0.39 is 27.3 Å². The predicted octanol–water partition coefficient (Wildman–Crippen LogP) is 3.48. The fraction of sp³-hybridized carbons (Fsp3) is 0.182. The molecule has 0 spiro atoms. The van der Waals surface area contributed by atoms with Crippen molar-refractivity contribution >= 4 is 39.1 Å². The van der Waals surface area contributed by atoms with Gasteiger partial charge in [0.05, 0.1) is 17.5 Å². The lowest BCUT2D eigenvalue weighted by Gasteiger charge is -2.21. The van der Waals surface area contributed by atoms with Crippen molar-refractivity contribution in [2.75, 3.05) is 23.3 Å². The van der Waals surface area contributed by atoms with E-state index in [4.69, 9.17) is 5.73 Å². The van der Waals surface area contributed by atoms with Crippen molar-refractivity contribution in [2.45, 2.75) is 29.2 Å². The number of amides is 4. The van der Waals surface area contributed by atoms with Crippen molar-refractivity contribution < 1.29 is 22.8 Å². The van der Waals surface area contributed by atoms with Gasteiger partial charge in [-0.3, -0.25) is 9.59 Å². The highest BCUT2D eigenvalue weighted by Gasteiger charge is 2.38. The monoisotopic (exact) mass is 609 g/mol. The molecular formula is C33H31N5O5S. The molecule has 5 N–H and O–H groups in total.